The predicted molar refractivity (Wildman–Crippen MR) is 77.7 cm³/mol. The summed E-state index contributed by atoms with van der Waals surface area (Å²) < 4.78 is 27.6. The van der Waals surface area contributed by atoms with Gasteiger partial charge in [-0.25, -0.2) is 8.78 Å². The molecule has 2 aromatic rings. The Morgan fingerprint density at radius 2 is 1.70 bits per heavy atom. The van der Waals surface area contributed by atoms with Crippen LogP contribution in [0.5, 0.6) is 0 Å². The molecule has 2 rings (SSSR count). The lowest BCUT2D eigenvalue weighted by Crippen LogP contribution is -2.25. The summed E-state index contributed by atoms with van der Waals surface area (Å²) in [6, 6.07) is 11.8. The molecule has 0 aliphatic rings. The second-order valence-corrected chi connectivity index (χ2v) is 4.89. The van der Waals surface area contributed by atoms with Gasteiger partial charge < -0.3 is 5.32 Å². The molecule has 20 heavy (non-hydrogen) atoms. The van der Waals surface area contributed by atoms with Gasteiger partial charge in [-0.1, -0.05) is 43.3 Å². The van der Waals surface area contributed by atoms with Gasteiger partial charge >= 0.3 is 0 Å². The average molecular weight is 275 g/mol. The molecule has 0 aromatic heterocycles. The van der Waals surface area contributed by atoms with Crippen molar-refractivity contribution in [3.8, 4) is 0 Å². The van der Waals surface area contributed by atoms with Crippen LogP contribution < -0.4 is 5.32 Å². The van der Waals surface area contributed by atoms with Crippen molar-refractivity contribution >= 4 is 0 Å². The second-order valence-electron chi connectivity index (χ2n) is 4.89. The van der Waals surface area contributed by atoms with E-state index in [2.05, 4.69) is 5.32 Å². The molecule has 0 saturated heterocycles. The molecule has 0 aliphatic heterocycles. The minimum absolute atomic E-state index is 0.327. The fourth-order valence-corrected chi connectivity index (χ4v) is 2.33. The van der Waals surface area contributed by atoms with Gasteiger partial charge in [-0.2, -0.15) is 0 Å². The molecule has 1 atom stereocenters. The van der Waals surface area contributed by atoms with Crippen LogP contribution in [-0.2, 0) is 0 Å². The Morgan fingerprint density at radius 3 is 2.40 bits per heavy atom. The van der Waals surface area contributed by atoms with Crippen LogP contribution in [0.3, 0.4) is 0 Å². The van der Waals surface area contributed by atoms with E-state index < -0.39 is 11.6 Å². The highest BCUT2D eigenvalue weighted by Crippen LogP contribution is 2.27. The van der Waals surface area contributed by atoms with Gasteiger partial charge in [0, 0.05) is 5.56 Å². The van der Waals surface area contributed by atoms with Gasteiger partial charge in [-0.05, 0) is 37.1 Å². The number of benzene rings is 2. The predicted octanol–water partition coefficient (Wildman–Crippen LogP) is 4.36. The minimum Gasteiger partial charge on any atom is -0.306 e. The fraction of sp³-hybridized carbons (Fsp3) is 0.294. The highest BCUT2D eigenvalue weighted by molar-refractivity contribution is 5.37. The number of halogens is 2. The summed E-state index contributed by atoms with van der Waals surface area (Å²) in [6.45, 7) is 4.77. The highest BCUT2D eigenvalue weighted by atomic mass is 19.2. The summed E-state index contributed by atoms with van der Waals surface area (Å²) in [7, 11) is 0. The van der Waals surface area contributed by atoms with Crippen molar-refractivity contribution in [3.63, 3.8) is 0 Å². The first kappa shape index (κ1) is 14.7. The zero-order valence-corrected chi connectivity index (χ0v) is 11.8. The van der Waals surface area contributed by atoms with E-state index in [-0.39, 0.29) is 6.04 Å². The second kappa shape index (κ2) is 6.62. The van der Waals surface area contributed by atoms with Crippen LogP contribution in [0.25, 0.3) is 0 Å². The quantitative estimate of drug-likeness (QED) is 0.854. The average Bonchev–Trinajstić information content (AvgIpc) is 2.45. The SMILES string of the molecule is CCCNC(c1ccccc1C)c1cccc(F)c1F. The summed E-state index contributed by atoms with van der Waals surface area (Å²) in [6.07, 6.45) is 0.930. The Morgan fingerprint density at radius 1 is 1.00 bits per heavy atom. The summed E-state index contributed by atoms with van der Waals surface area (Å²) in [5.41, 5.74) is 2.39. The molecule has 1 N–H and O–H groups in total. The number of nitrogens with one attached hydrogen (secondary N) is 1. The van der Waals surface area contributed by atoms with Crippen molar-refractivity contribution in [2.75, 3.05) is 6.54 Å². The third-order valence-corrected chi connectivity index (χ3v) is 3.39. The summed E-state index contributed by atoms with van der Waals surface area (Å²) in [5.74, 6) is -1.58. The van der Waals surface area contributed by atoms with Crippen LogP contribution in [0, 0.1) is 18.6 Å². The molecule has 1 nitrogen and oxygen atoms in total. The molecular formula is C17H19F2N. The molecule has 0 fully saturated rings. The molecule has 0 radical (unpaired) electrons. The topological polar surface area (TPSA) is 12.0 Å². The Labute approximate surface area is 118 Å². The summed E-state index contributed by atoms with van der Waals surface area (Å²) in [4.78, 5) is 0. The van der Waals surface area contributed by atoms with E-state index in [0.29, 0.717) is 5.56 Å². The van der Waals surface area contributed by atoms with Crippen LogP contribution in [0.4, 0.5) is 8.78 Å². The Bertz CT molecular complexity index is 581. The maximum atomic E-state index is 14.1. The molecule has 0 bridgehead atoms. The van der Waals surface area contributed by atoms with Crippen molar-refractivity contribution in [2.45, 2.75) is 26.3 Å². The van der Waals surface area contributed by atoms with E-state index >= 15 is 0 Å². The first-order valence-electron chi connectivity index (χ1n) is 6.88. The van der Waals surface area contributed by atoms with Gasteiger partial charge in [0.15, 0.2) is 11.6 Å². The van der Waals surface area contributed by atoms with E-state index in [1.807, 2.05) is 38.1 Å². The molecular weight excluding hydrogens is 256 g/mol. The van der Waals surface area contributed by atoms with Crippen LogP contribution >= 0.6 is 0 Å². The lowest BCUT2D eigenvalue weighted by atomic mass is 9.94. The smallest absolute Gasteiger partial charge is 0.163 e. The fourth-order valence-electron chi connectivity index (χ4n) is 2.33. The molecule has 106 valence electrons. The first-order valence-corrected chi connectivity index (χ1v) is 6.88. The third kappa shape index (κ3) is 3.05. The van der Waals surface area contributed by atoms with Crippen molar-refractivity contribution in [1.82, 2.24) is 5.32 Å². The zero-order valence-electron chi connectivity index (χ0n) is 11.8. The van der Waals surface area contributed by atoms with Crippen molar-refractivity contribution < 1.29 is 8.78 Å². The lowest BCUT2D eigenvalue weighted by Gasteiger charge is -2.22. The van der Waals surface area contributed by atoms with Gasteiger partial charge in [0.25, 0.3) is 0 Å². The van der Waals surface area contributed by atoms with Gasteiger partial charge in [0.1, 0.15) is 0 Å². The van der Waals surface area contributed by atoms with Gasteiger partial charge in [-0.3, -0.25) is 0 Å². The van der Waals surface area contributed by atoms with Gasteiger partial charge in [-0.15, -0.1) is 0 Å². The van der Waals surface area contributed by atoms with E-state index in [9.17, 15) is 8.78 Å². The Kier molecular flexibility index (Phi) is 4.85. The van der Waals surface area contributed by atoms with Crippen LogP contribution in [0.15, 0.2) is 42.5 Å². The van der Waals surface area contributed by atoms with E-state index in [1.54, 1.807) is 12.1 Å². The van der Waals surface area contributed by atoms with E-state index in [1.165, 1.54) is 0 Å². The summed E-state index contributed by atoms with van der Waals surface area (Å²) >= 11 is 0. The first-order chi connectivity index (χ1) is 9.65. The van der Waals surface area contributed by atoms with Crippen molar-refractivity contribution in [1.29, 1.82) is 0 Å². The normalized spacial score (nSPS) is 12.4. The molecule has 0 heterocycles. The minimum atomic E-state index is -0.806. The molecule has 0 aliphatic carbocycles. The largest absolute Gasteiger partial charge is 0.306 e. The van der Waals surface area contributed by atoms with Crippen molar-refractivity contribution in [3.05, 3.63) is 70.8 Å². The molecule has 0 amide bonds. The zero-order chi connectivity index (χ0) is 14.5. The van der Waals surface area contributed by atoms with Crippen LogP contribution in [-0.4, -0.2) is 6.54 Å². The van der Waals surface area contributed by atoms with Gasteiger partial charge in [0.2, 0.25) is 0 Å². The molecule has 0 saturated carbocycles. The number of rotatable bonds is 5. The number of hydrogen-bond acceptors (Lipinski definition) is 1. The molecule has 1 unspecified atom stereocenters. The summed E-state index contributed by atoms with van der Waals surface area (Å²) in [5, 5.41) is 3.30. The Hall–Kier alpha value is -1.74. The molecule has 3 heteroatoms. The van der Waals surface area contributed by atoms with Crippen LogP contribution in [0.2, 0.25) is 0 Å². The maximum Gasteiger partial charge on any atom is 0.163 e. The monoisotopic (exact) mass is 275 g/mol. The van der Waals surface area contributed by atoms with E-state index in [4.69, 9.17) is 0 Å². The molecule has 2 aromatic carbocycles. The third-order valence-electron chi connectivity index (χ3n) is 3.39. The number of aryl methyl sites for hydroxylation is 1. The van der Waals surface area contributed by atoms with E-state index in [0.717, 1.165) is 30.2 Å². The Balaban J connectivity index is 2.47. The standard InChI is InChI=1S/C17H19F2N/c1-3-11-20-17(13-8-5-4-7-12(13)2)14-9-6-10-15(18)16(14)19/h4-10,17,20H,3,11H2,1-2H3. The maximum absolute atomic E-state index is 14.1. The molecule has 0 spiro atoms. The lowest BCUT2D eigenvalue weighted by molar-refractivity contribution is 0.480. The number of hydrogen-bond donors (Lipinski definition) is 1. The van der Waals surface area contributed by atoms with Gasteiger partial charge in [0.05, 0.1) is 6.04 Å². The van der Waals surface area contributed by atoms with Crippen LogP contribution in [0.1, 0.15) is 36.1 Å². The highest BCUT2D eigenvalue weighted by Gasteiger charge is 2.20. The van der Waals surface area contributed by atoms with Crippen molar-refractivity contribution in [2.24, 2.45) is 0 Å².